The quantitative estimate of drug-likeness (QED) is 0.660. The van der Waals surface area contributed by atoms with E-state index in [1.807, 2.05) is 0 Å². The Morgan fingerprint density at radius 1 is 1.28 bits per heavy atom. The van der Waals surface area contributed by atoms with Gasteiger partial charge in [-0.15, -0.1) is 0 Å². The van der Waals surface area contributed by atoms with Crippen molar-refractivity contribution in [2.45, 2.75) is 38.9 Å². The molecule has 2 unspecified atom stereocenters. The minimum absolute atomic E-state index is 0.0757. The Kier molecular flexibility index (Phi) is 4.97. The molecule has 0 fully saturated rings. The molecule has 2 nitrogen and oxygen atoms in total. The van der Waals surface area contributed by atoms with Crippen molar-refractivity contribution in [3.63, 3.8) is 0 Å². The zero-order valence-electron chi connectivity index (χ0n) is 11.4. The van der Waals surface area contributed by atoms with E-state index in [0.717, 1.165) is 6.42 Å². The normalized spacial score (nSPS) is 15.2. The van der Waals surface area contributed by atoms with Gasteiger partial charge in [0.25, 0.3) is 0 Å². The fraction of sp³-hybridized carbons (Fsp3) is 0.533. The minimum atomic E-state index is -0.179. The summed E-state index contributed by atoms with van der Waals surface area (Å²) in [4.78, 5) is 12.1. The summed E-state index contributed by atoms with van der Waals surface area (Å²) in [6, 6.07) is 6.41. The smallest absolute Gasteiger partial charge is 0.176 e. The molecule has 0 radical (unpaired) electrons. The van der Waals surface area contributed by atoms with Crippen molar-refractivity contribution in [1.82, 2.24) is 0 Å². The van der Waals surface area contributed by atoms with Crippen LogP contribution in [-0.2, 0) is 0 Å². The third-order valence-corrected chi connectivity index (χ3v) is 4.15. The number of alkyl halides is 1. The third kappa shape index (κ3) is 4.45. The Morgan fingerprint density at radius 2 is 1.78 bits per heavy atom. The van der Waals surface area contributed by atoms with Crippen LogP contribution in [0, 0.1) is 11.3 Å². The van der Waals surface area contributed by atoms with Gasteiger partial charge in [-0.1, -0.05) is 43.6 Å². The highest BCUT2D eigenvalue weighted by Crippen LogP contribution is 2.30. The number of phenolic OH excluding ortho intramolecular Hbond substituents is 1. The summed E-state index contributed by atoms with van der Waals surface area (Å²) in [6.07, 6.45) is 0.979. The van der Waals surface area contributed by atoms with Crippen LogP contribution in [0.3, 0.4) is 0 Å². The Hall–Kier alpha value is -0.830. The van der Waals surface area contributed by atoms with Crippen molar-refractivity contribution in [2.24, 2.45) is 11.3 Å². The highest BCUT2D eigenvalue weighted by atomic mass is 79.9. The van der Waals surface area contributed by atoms with Crippen molar-refractivity contribution >= 4 is 21.7 Å². The summed E-state index contributed by atoms with van der Waals surface area (Å²) in [5, 5.41) is 9.22. The van der Waals surface area contributed by atoms with Crippen molar-refractivity contribution in [3.8, 4) is 5.75 Å². The number of rotatable bonds is 4. The molecule has 3 heteroatoms. The summed E-state index contributed by atoms with van der Waals surface area (Å²) in [5.41, 5.74) is 0.844. The van der Waals surface area contributed by atoms with E-state index in [0.29, 0.717) is 5.56 Å². The summed E-state index contributed by atoms with van der Waals surface area (Å²) in [5.74, 6) is 0.526. The molecule has 0 heterocycles. The highest BCUT2D eigenvalue weighted by molar-refractivity contribution is 9.10. The Morgan fingerprint density at radius 3 is 2.22 bits per heavy atom. The molecule has 1 aromatic carbocycles. The lowest BCUT2D eigenvalue weighted by Crippen LogP contribution is -2.25. The number of ketones is 1. The van der Waals surface area contributed by atoms with E-state index in [2.05, 4.69) is 43.6 Å². The molecule has 1 rings (SSSR count). The van der Waals surface area contributed by atoms with Gasteiger partial charge in [0.05, 0.1) is 4.83 Å². The molecule has 0 aliphatic heterocycles. The summed E-state index contributed by atoms with van der Waals surface area (Å²) in [7, 11) is 0. The van der Waals surface area contributed by atoms with Gasteiger partial charge in [-0.25, -0.2) is 0 Å². The second-order valence-electron chi connectivity index (χ2n) is 6.05. The maximum Gasteiger partial charge on any atom is 0.176 e. The van der Waals surface area contributed by atoms with Crippen LogP contribution in [0.4, 0.5) is 0 Å². The molecule has 0 saturated carbocycles. The van der Waals surface area contributed by atoms with Crippen molar-refractivity contribution in [1.29, 1.82) is 0 Å². The zero-order valence-corrected chi connectivity index (χ0v) is 13.0. The third-order valence-electron chi connectivity index (χ3n) is 2.84. The van der Waals surface area contributed by atoms with Crippen LogP contribution in [0.25, 0.3) is 0 Å². The number of hydrogen-bond donors (Lipinski definition) is 1. The van der Waals surface area contributed by atoms with Gasteiger partial charge in [0.15, 0.2) is 5.78 Å². The van der Waals surface area contributed by atoms with Gasteiger partial charge in [0, 0.05) is 5.56 Å². The number of carbonyl (C=O) groups excluding carboxylic acids is 1. The molecule has 1 aromatic rings. The largest absolute Gasteiger partial charge is 0.508 e. The summed E-state index contributed by atoms with van der Waals surface area (Å²) < 4.78 is 0. The predicted octanol–water partition coefficient (Wildman–Crippen LogP) is 4.41. The maximum absolute atomic E-state index is 12.3. The Bertz CT molecular complexity index is 403. The van der Waals surface area contributed by atoms with Gasteiger partial charge in [0.1, 0.15) is 5.75 Å². The topological polar surface area (TPSA) is 37.3 Å². The first-order valence-electron chi connectivity index (χ1n) is 6.18. The lowest BCUT2D eigenvalue weighted by Gasteiger charge is -2.26. The number of carbonyl (C=O) groups is 1. The fourth-order valence-corrected chi connectivity index (χ4v) is 2.56. The molecular formula is C15H21BrO2. The van der Waals surface area contributed by atoms with Crippen LogP contribution in [0.2, 0.25) is 0 Å². The number of aromatic hydroxyl groups is 1. The Balaban J connectivity index is 2.75. The lowest BCUT2D eigenvalue weighted by atomic mass is 9.83. The molecule has 0 saturated heterocycles. The van der Waals surface area contributed by atoms with Crippen molar-refractivity contribution < 1.29 is 9.90 Å². The summed E-state index contributed by atoms with van der Waals surface area (Å²) in [6.45, 7) is 8.61. The zero-order chi connectivity index (χ0) is 13.9. The average molecular weight is 313 g/mol. The highest BCUT2D eigenvalue weighted by Gasteiger charge is 2.26. The van der Waals surface area contributed by atoms with Crippen LogP contribution in [0.15, 0.2) is 24.3 Å². The second kappa shape index (κ2) is 5.87. The van der Waals surface area contributed by atoms with Gasteiger partial charge in [-0.3, -0.25) is 4.79 Å². The molecule has 0 bridgehead atoms. The number of Topliss-reactive ketones (excluding diaryl/α,β-unsaturated/α-hetero) is 1. The van der Waals surface area contributed by atoms with Gasteiger partial charge >= 0.3 is 0 Å². The average Bonchev–Trinajstić information content (AvgIpc) is 2.26. The predicted molar refractivity (Wildman–Crippen MR) is 78.4 cm³/mol. The van der Waals surface area contributed by atoms with E-state index in [-0.39, 0.29) is 27.7 Å². The number of benzene rings is 1. The molecule has 1 N–H and O–H groups in total. The van der Waals surface area contributed by atoms with Crippen LogP contribution < -0.4 is 0 Å². The van der Waals surface area contributed by atoms with Crippen molar-refractivity contribution in [2.75, 3.05) is 0 Å². The Labute approximate surface area is 118 Å². The minimum Gasteiger partial charge on any atom is -0.508 e. The van der Waals surface area contributed by atoms with E-state index in [1.165, 1.54) is 0 Å². The molecule has 0 aliphatic rings. The first-order valence-corrected chi connectivity index (χ1v) is 7.09. The molecular weight excluding hydrogens is 292 g/mol. The number of halogens is 1. The molecule has 2 atom stereocenters. The van der Waals surface area contributed by atoms with Crippen LogP contribution in [0.1, 0.15) is 44.5 Å². The van der Waals surface area contributed by atoms with E-state index >= 15 is 0 Å². The van der Waals surface area contributed by atoms with Gasteiger partial charge in [0.2, 0.25) is 0 Å². The number of hydrogen-bond acceptors (Lipinski definition) is 2. The number of phenols is 1. The van der Waals surface area contributed by atoms with E-state index in [9.17, 15) is 9.90 Å². The SMILES string of the molecule is CC(CC(C)(C)C)C(Br)C(=O)c1ccc(O)cc1. The lowest BCUT2D eigenvalue weighted by molar-refractivity contribution is 0.0966. The standard InChI is InChI=1S/C15H21BrO2/c1-10(9-15(2,3)4)13(16)14(18)11-5-7-12(17)8-6-11/h5-8,10,13,17H,9H2,1-4H3. The van der Waals surface area contributed by atoms with Gasteiger partial charge in [-0.05, 0) is 42.0 Å². The second-order valence-corrected chi connectivity index (χ2v) is 7.04. The van der Waals surface area contributed by atoms with Crippen molar-refractivity contribution in [3.05, 3.63) is 29.8 Å². The first-order chi connectivity index (χ1) is 8.20. The molecule has 100 valence electrons. The molecule has 0 aliphatic carbocycles. The van der Waals surface area contributed by atoms with Crippen LogP contribution >= 0.6 is 15.9 Å². The fourth-order valence-electron chi connectivity index (χ4n) is 2.11. The van der Waals surface area contributed by atoms with Crippen LogP contribution in [-0.4, -0.2) is 15.7 Å². The molecule has 0 amide bonds. The first kappa shape index (κ1) is 15.2. The van der Waals surface area contributed by atoms with Gasteiger partial charge in [-0.2, -0.15) is 0 Å². The van der Waals surface area contributed by atoms with E-state index < -0.39 is 0 Å². The molecule has 0 spiro atoms. The summed E-state index contributed by atoms with van der Waals surface area (Å²) >= 11 is 3.50. The molecule has 0 aromatic heterocycles. The van der Waals surface area contributed by atoms with E-state index in [4.69, 9.17) is 0 Å². The molecule has 18 heavy (non-hydrogen) atoms. The van der Waals surface area contributed by atoms with Gasteiger partial charge < -0.3 is 5.11 Å². The monoisotopic (exact) mass is 312 g/mol. The van der Waals surface area contributed by atoms with E-state index in [1.54, 1.807) is 24.3 Å². The maximum atomic E-state index is 12.3. The van der Waals surface area contributed by atoms with Crippen LogP contribution in [0.5, 0.6) is 5.75 Å².